The summed E-state index contributed by atoms with van der Waals surface area (Å²) in [4.78, 5) is 1.30. The van der Waals surface area contributed by atoms with Crippen LogP contribution in [-0.2, 0) is 0 Å². The van der Waals surface area contributed by atoms with Crippen LogP contribution in [0.25, 0.3) is 48.5 Å². The van der Waals surface area contributed by atoms with Crippen molar-refractivity contribution in [3.05, 3.63) is 76.6 Å². The standard InChI is InChI=1S/C22H12BrNS/c23-21-10-9-20(25-21)13-11-16-14-5-1-3-7-18(14)24-19-8-4-2-6-15(19)17(12-13)22(16)24/h1-12H. The lowest BCUT2D eigenvalue weighted by atomic mass is 10.0. The average Bonchev–Trinajstić information content (AvgIpc) is 3.31. The van der Waals surface area contributed by atoms with Crippen molar-refractivity contribution in [3.63, 3.8) is 0 Å². The summed E-state index contributed by atoms with van der Waals surface area (Å²) in [6.07, 6.45) is 0. The highest BCUT2D eigenvalue weighted by Gasteiger charge is 2.18. The molecule has 0 unspecified atom stereocenters. The van der Waals surface area contributed by atoms with Crippen LogP contribution in [0.4, 0.5) is 0 Å². The molecule has 0 radical (unpaired) electrons. The molecule has 1 nitrogen and oxygen atoms in total. The van der Waals surface area contributed by atoms with Gasteiger partial charge in [-0.05, 0) is 57.9 Å². The lowest BCUT2D eigenvalue weighted by Crippen LogP contribution is -1.78. The number of benzene rings is 3. The Hall–Kier alpha value is -2.36. The van der Waals surface area contributed by atoms with Gasteiger partial charge < -0.3 is 4.40 Å². The third-order valence-electron chi connectivity index (χ3n) is 5.06. The van der Waals surface area contributed by atoms with Gasteiger partial charge >= 0.3 is 0 Å². The fourth-order valence-corrected chi connectivity index (χ4v) is 5.43. The van der Waals surface area contributed by atoms with E-state index < -0.39 is 0 Å². The number of rotatable bonds is 1. The maximum atomic E-state index is 3.60. The normalized spacial score (nSPS) is 12.2. The zero-order chi connectivity index (χ0) is 16.5. The molecule has 0 atom stereocenters. The Bertz CT molecular complexity index is 1320. The first-order chi connectivity index (χ1) is 12.3. The van der Waals surface area contributed by atoms with Gasteiger partial charge in [0.05, 0.1) is 20.3 Å². The number of halogens is 1. The van der Waals surface area contributed by atoms with E-state index in [1.807, 2.05) is 0 Å². The van der Waals surface area contributed by atoms with Crippen molar-refractivity contribution in [2.45, 2.75) is 0 Å². The second-order valence-electron chi connectivity index (χ2n) is 6.39. The second-order valence-corrected chi connectivity index (χ2v) is 8.86. The van der Waals surface area contributed by atoms with E-state index in [1.165, 1.54) is 52.3 Å². The Labute approximate surface area is 156 Å². The van der Waals surface area contributed by atoms with E-state index in [4.69, 9.17) is 0 Å². The minimum Gasteiger partial charge on any atom is -0.308 e. The molecule has 0 N–H and O–H groups in total. The van der Waals surface area contributed by atoms with E-state index >= 15 is 0 Å². The molecule has 25 heavy (non-hydrogen) atoms. The van der Waals surface area contributed by atoms with Crippen molar-refractivity contribution in [2.24, 2.45) is 0 Å². The molecule has 3 aromatic carbocycles. The van der Waals surface area contributed by atoms with E-state index in [2.05, 4.69) is 93.1 Å². The fraction of sp³-hybridized carbons (Fsp3) is 0. The largest absolute Gasteiger partial charge is 0.308 e. The van der Waals surface area contributed by atoms with E-state index in [9.17, 15) is 0 Å². The molecule has 3 heterocycles. The Morgan fingerprint density at radius 1 is 0.680 bits per heavy atom. The molecule has 118 valence electrons. The monoisotopic (exact) mass is 401 g/mol. The number of thiophene rings is 1. The summed E-state index contributed by atoms with van der Waals surface area (Å²) in [7, 11) is 0. The van der Waals surface area contributed by atoms with Gasteiger partial charge in [0, 0.05) is 26.4 Å². The predicted octanol–water partition coefficient (Wildman–Crippen LogP) is 7.33. The molecule has 0 spiro atoms. The molecule has 0 aliphatic carbocycles. The van der Waals surface area contributed by atoms with Crippen molar-refractivity contribution in [3.8, 4) is 10.4 Å². The number of hydrogen-bond acceptors (Lipinski definition) is 1. The lowest BCUT2D eigenvalue weighted by Gasteiger charge is -2.01. The topological polar surface area (TPSA) is 4.41 Å². The first kappa shape index (κ1) is 13.9. The first-order valence-corrected chi connectivity index (χ1v) is 9.85. The van der Waals surface area contributed by atoms with Gasteiger partial charge in [0.1, 0.15) is 0 Å². The molecule has 6 rings (SSSR count). The number of para-hydroxylation sites is 2. The third-order valence-corrected chi connectivity index (χ3v) is 6.73. The highest BCUT2D eigenvalue weighted by Crippen LogP contribution is 2.42. The van der Waals surface area contributed by atoms with Crippen molar-refractivity contribution >= 4 is 65.4 Å². The molecule has 0 aliphatic heterocycles. The van der Waals surface area contributed by atoms with Crippen LogP contribution in [0.3, 0.4) is 0 Å². The molecular weight excluding hydrogens is 390 g/mol. The first-order valence-electron chi connectivity index (χ1n) is 8.24. The van der Waals surface area contributed by atoms with Crippen molar-refractivity contribution in [1.82, 2.24) is 4.40 Å². The van der Waals surface area contributed by atoms with Crippen molar-refractivity contribution < 1.29 is 0 Å². The zero-order valence-electron chi connectivity index (χ0n) is 13.2. The smallest absolute Gasteiger partial charge is 0.0705 e. The lowest BCUT2D eigenvalue weighted by molar-refractivity contribution is 1.37. The minimum atomic E-state index is 1.17. The fourth-order valence-electron chi connectivity index (χ4n) is 4.06. The molecule has 0 saturated carbocycles. The second kappa shape index (κ2) is 4.84. The van der Waals surface area contributed by atoms with Gasteiger partial charge in [-0.1, -0.05) is 36.4 Å². The molecule has 0 saturated heterocycles. The quantitative estimate of drug-likeness (QED) is 0.271. The van der Waals surface area contributed by atoms with Gasteiger partial charge in [-0.2, -0.15) is 0 Å². The van der Waals surface area contributed by atoms with E-state index in [1.54, 1.807) is 11.3 Å². The summed E-state index contributed by atoms with van der Waals surface area (Å²) in [5.41, 5.74) is 5.20. The van der Waals surface area contributed by atoms with Crippen molar-refractivity contribution in [2.75, 3.05) is 0 Å². The van der Waals surface area contributed by atoms with Gasteiger partial charge in [-0.25, -0.2) is 0 Å². The summed E-state index contributed by atoms with van der Waals surface area (Å²) in [6, 6.07) is 26.5. The molecule has 3 heteroatoms. The van der Waals surface area contributed by atoms with Crippen molar-refractivity contribution in [1.29, 1.82) is 0 Å². The number of hydrogen-bond donors (Lipinski definition) is 0. The summed E-state index contributed by atoms with van der Waals surface area (Å²) < 4.78 is 3.59. The predicted molar refractivity (Wildman–Crippen MR) is 112 cm³/mol. The van der Waals surface area contributed by atoms with Crippen LogP contribution in [0, 0.1) is 0 Å². The number of nitrogens with zero attached hydrogens (tertiary/aromatic N) is 1. The molecule has 0 aliphatic rings. The molecule has 0 fully saturated rings. The average molecular weight is 402 g/mol. The van der Waals surface area contributed by atoms with Gasteiger partial charge in [-0.15, -0.1) is 11.3 Å². The Morgan fingerprint density at radius 3 is 1.84 bits per heavy atom. The summed E-state index contributed by atoms with van der Waals surface area (Å²) in [6.45, 7) is 0. The Balaban J connectivity index is 1.91. The Morgan fingerprint density at radius 2 is 1.28 bits per heavy atom. The highest BCUT2D eigenvalue weighted by atomic mass is 79.9. The van der Waals surface area contributed by atoms with Crippen LogP contribution in [0.2, 0.25) is 0 Å². The van der Waals surface area contributed by atoms with Crippen LogP contribution in [0.1, 0.15) is 0 Å². The molecule has 0 bridgehead atoms. The molecule has 0 amide bonds. The van der Waals surface area contributed by atoms with Crippen LogP contribution in [0.15, 0.2) is 76.6 Å². The highest BCUT2D eigenvalue weighted by molar-refractivity contribution is 9.11. The summed E-state index contributed by atoms with van der Waals surface area (Å²) in [5, 5.41) is 5.32. The molecule has 3 aromatic heterocycles. The van der Waals surface area contributed by atoms with Crippen LogP contribution < -0.4 is 0 Å². The zero-order valence-corrected chi connectivity index (χ0v) is 15.6. The number of aromatic nitrogens is 1. The summed E-state index contributed by atoms with van der Waals surface area (Å²) >= 11 is 5.38. The van der Waals surface area contributed by atoms with Gasteiger partial charge in [0.2, 0.25) is 0 Å². The maximum absolute atomic E-state index is 3.60. The van der Waals surface area contributed by atoms with Gasteiger partial charge in [-0.3, -0.25) is 0 Å². The van der Waals surface area contributed by atoms with Crippen LogP contribution >= 0.6 is 27.3 Å². The van der Waals surface area contributed by atoms with E-state index in [0.717, 1.165) is 0 Å². The Kier molecular flexibility index (Phi) is 2.69. The summed E-state index contributed by atoms with van der Waals surface area (Å²) in [5.74, 6) is 0. The third kappa shape index (κ3) is 1.77. The van der Waals surface area contributed by atoms with Crippen LogP contribution in [-0.4, -0.2) is 4.40 Å². The maximum Gasteiger partial charge on any atom is 0.0705 e. The number of fused-ring (bicyclic) bond motifs is 6. The van der Waals surface area contributed by atoms with Gasteiger partial charge in [0.15, 0.2) is 0 Å². The SMILES string of the molecule is Brc1ccc(-c2cc3c4ccccc4n4c5ccccc5c(c2)c34)s1. The minimum absolute atomic E-state index is 1.17. The van der Waals surface area contributed by atoms with E-state index in [-0.39, 0.29) is 0 Å². The van der Waals surface area contributed by atoms with E-state index in [0.29, 0.717) is 0 Å². The van der Waals surface area contributed by atoms with Gasteiger partial charge in [0.25, 0.3) is 0 Å². The van der Waals surface area contributed by atoms with Crippen LogP contribution in [0.5, 0.6) is 0 Å². The molecular formula is C22H12BrNS. The molecule has 6 aromatic rings.